The number of aromatic carboxylic acids is 1. The second-order valence-corrected chi connectivity index (χ2v) is 9.64. The summed E-state index contributed by atoms with van der Waals surface area (Å²) in [6, 6.07) is 7.62. The molecular formula is C23H21ClN8O5S. The first-order valence-corrected chi connectivity index (χ1v) is 12.5. The number of nitrogens with two attached hydrogens (primary N) is 1. The number of nitrogens with one attached hydrogen (secondary N) is 2. The number of rotatable bonds is 7. The zero-order valence-electron chi connectivity index (χ0n) is 19.6. The third-order valence-electron chi connectivity index (χ3n) is 5.78. The van der Waals surface area contributed by atoms with Gasteiger partial charge >= 0.3 is 12.0 Å². The van der Waals surface area contributed by atoms with Crippen molar-refractivity contribution in [3.8, 4) is 10.6 Å². The van der Waals surface area contributed by atoms with Crippen LogP contribution in [0.3, 0.4) is 0 Å². The predicted molar refractivity (Wildman–Crippen MR) is 140 cm³/mol. The molecule has 196 valence electrons. The van der Waals surface area contributed by atoms with Crippen molar-refractivity contribution >= 4 is 62.7 Å². The summed E-state index contributed by atoms with van der Waals surface area (Å²) in [5.41, 5.74) is 6.55. The Morgan fingerprint density at radius 1 is 1.16 bits per heavy atom. The van der Waals surface area contributed by atoms with Gasteiger partial charge in [-0.25, -0.2) is 24.2 Å². The van der Waals surface area contributed by atoms with Crippen molar-refractivity contribution in [3.63, 3.8) is 0 Å². The van der Waals surface area contributed by atoms with Crippen molar-refractivity contribution in [1.29, 1.82) is 0 Å². The number of para-hydroxylation sites is 1. The highest BCUT2D eigenvalue weighted by Crippen LogP contribution is 2.32. The third-order valence-corrected chi connectivity index (χ3v) is 7.04. The number of nitrogens with zero attached hydrogens (tertiary/aromatic N) is 5. The molecule has 1 fully saturated rings. The summed E-state index contributed by atoms with van der Waals surface area (Å²) in [6.45, 7) is 1.73. The molecule has 5 rings (SSSR count). The molecule has 1 aliphatic heterocycles. The summed E-state index contributed by atoms with van der Waals surface area (Å²) in [5.74, 6) is -1.85. The number of pyridine rings is 1. The van der Waals surface area contributed by atoms with Gasteiger partial charge in [-0.2, -0.15) is 5.10 Å². The fourth-order valence-corrected chi connectivity index (χ4v) is 5.00. The number of carbonyl (C=O) groups excluding carboxylic acids is 2. The predicted octanol–water partition coefficient (Wildman–Crippen LogP) is 2.87. The molecule has 3 aromatic heterocycles. The Kier molecular flexibility index (Phi) is 7.20. The second-order valence-electron chi connectivity index (χ2n) is 8.20. The maximum absolute atomic E-state index is 12.4. The number of thiazole rings is 1. The number of benzene rings is 1. The molecule has 1 atom stereocenters. The minimum atomic E-state index is -1.19. The highest BCUT2D eigenvalue weighted by Gasteiger charge is 2.31. The Bertz CT molecular complexity index is 1530. The van der Waals surface area contributed by atoms with E-state index < -0.39 is 24.1 Å². The van der Waals surface area contributed by atoms with Gasteiger partial charge in [0.15, 0.2) is 16.9 Å². The molecule has 0 bridgehead atoms. The number of hydrogen-bond acceptors (Lipinski definition) is 9. The van der Waals surface area contributed by atoms with E-state index in [0.717, 1.165) is 11.3 Å². The minimum Gasteiger partial charge on any atom is -0.478 e. The van der Waals surface area contributed by atoms with Gasteiger partial charge in [0.25, 0.3) is 5.91 Å². The third kappa shape index (κ3) is 5.15. The second kappa shape index (κ2) is 10.7. The van der Waals surface area contributed by atoms with Gasteiger partial charge < -0.3 is 20.9 Å². The number of urea groups is 1. The number of fused-ring (bicyclic) bond motifs is 1. The summed E-state index contributed by atoms with van der Waals surface area (Å²) in [5, 5.41) is 20.3. The van der Waals surface area contributed by atoms with Gasteiger partial charge in [0.1, 0.15) is 0 Å². The quantitative estimate of drug-likeness (QED) is 0.266. The molecule has 0 spiro atoms. The molecule has 4 heterocycles. The van der Waals surface area contributed by atoms with E-state index in [1.807, 2.05) is 0 Å². The Morgan fingerprint density at radius 2 is 1.92 bits per heavy atom. The van der Waals surface area contributed by atoms with Crippen molar-refractivity contribution in [3.05, 3.63) is 53.3 Å². The number of carboxylic acids is 1. The maximum atomic E-state index is 12.4. The number of carbonyl (C=O) groups is 3. The number of primary amides is 1. The van der Waals surface area contributed by atoms with E-state index in [1.54, 1.807) is 29.2 Å². The first kappa shape index (κ1) is 25.5. The number of ether oxygens (including phenoxy) is 1. The lowest BCUT2D eigenvalue weighted by atomic mass is 10.1. The van der Waals surface area contributed by atoms with Crippen molar-refractivity contribution in [2.24, 2.45) is 5.73 Å². The largest absolute Gasteiger partial charge is 0.478 e. The molecule has 1 saturated heterocycles. The zero-order valence-corrected chi connectivity index (χ0v) is 21.2. The highest BCUT2D eigenvalue weighted by molar-refractivity contribution is 7.19. The summed E-state index contributed by atoms with van der Waals surface area (Å²) in [7, 11) is 0. The minimum absolute atomic E-state index is 0.0548. The Balaban J connectivity index is 1.47. The molecule has 0 aliphatic carbocycles. The van der Waals surface area contributed by atoms with E-state index >= 15 is 0 Å². The Morgan fingerprint density at radius 3 is 2.63 bits per heavy atom. The van der Waals surface area contributed by atoms with Crippen LogP contribution in [0.1, 0.15) is 16.5 Å². The van der Waals surface area contributed by atoms with Crippen LogP contribution in [-0.2, 0) is 9.53 Å². The zero-order chi connectivity index (χ0) is 26.8. The van der Waals surface area contributed by atoms with Crippen molar-refractivity contribution in [2.75, 3.05) is 36.9 Å². The lowest BCUT2D eigenvalue weighted by molar-refractivity contribution is -0.129. The molecule has 3 amide bonds. The van der Waals surface area contributed by atoms with Crippen LogP contribution < -0.4 is 16.4 Å². The average Bonchev–Trinajstić information content (AvgIpc) is 3.53. The molecule has 38 heavy (non-hydrogen) atoms. The number of amides is 3. The molecule has 5 N–H and O–H groups in total. The van der Waals surface area contributed by atoms with E-state index in [0.29, 0.717) is 41.9 Å². The van der Waals surface area contributed by atoms with Crippen molar-refractivity contribution in [2.45, 2.75) is 6.17 Å². The number of anilines is 2. The van der Waals surface area contributed by atoms with Crippen molar-refractivity contribution < 1.29 is 24.2 Å². The van der Waals surface area contributed by atoms with Crippen LogP contribution in [0.15, 0.2) is 42.7 Å². The van der Waals surface area contributed by atoms with Gasteiger partial charge in [0.05, 0.1) is 51.6 Å². The smallest absolute Gasteiger partial charge is 0.336 e. The number of morpholine rings is 1. The lowest BCUT2D eigenvalue weighted by Gasteiger charge is -2.32. The molecule has 0 radical (unpaired) electrons. The number of aromatic nitrogens is 4. The standard InChI is InChI=1S/C23H21ClN8O5S/c24-14-3-1-2-4-15(14)29-22(36)30-23-26-11-17(38-23)16-9-12(21(34)35)13-10-27-32(19(13)28-16)20(18(25)33)31-5-7-37-8-6-31/h1-4,9-11,20H,5-8H2,(H2,25,33)(H,34,35)(H2,26,29,30,36). The highest BCUT2D eigenvalue weighted by atomic mass is 35.5. The van der Waals surface area contributed by atoms with Crippen molar-refractivity contribution in [1.82, 2.24) is 24.6 Å². The van der Waals surface area contributed by atoms with Gasteiger partial charge in [-0.1, -0.05) is 35.1 Å². The van der Waals surface area contributed by atoms with Crippen LogP contribution in [0, 0.1) is 0 Å². The molecular weight excluding hydrogens is 536 g/mol. The van der Waals surface area contributed by atoms with E-state index in [2.05, 4.69) is 25.7 Å². The topological polar surface area (TPSA) is 178 Å². The van der Waals surface area contributed by atoms with E-state index in [4.69, 9.17) is 22.1 Å². The van der Waals surface area contributed by atoms with Gasteiger partial charge in [0, 0.05) is 19.3 Å². The van der Waals surface area contributed by atoms with Crippen LogP contribution in [0.5, 0.6) is 0 Å². The van der Waals surface area contributed by atoms with E-state index in [-0.39, 0.29) is 27.4 Å². The Hall–Kier alpha value is -4.11. The number of carboxylic acid groups (broad SMARTS) is 1. The molecule has 13 nitrogen and oxygen atoms in total. The normalized spacial score (nSPS) is 14.8. The molecule has 0 saturated carbocycles. The maximum Gasteiger partial charge on any atom is 0.336 e. The first-order chi connectivity index (χ1) is 18.3. The van der Waals surface area contributed by atoms with Gasteiger partial charge in [-0.05, 0) is 18.2 Å². The van der Waals surface area contributed by atoms with Gasteiger partial charge in [-0.3, -0.25) is 15.0 Å². The summed E-state index contributed by atoms with van der Waals surface area (Å²) in [4.78, 5) is 48.1. The van der Waals surface area contributed by atoms with E-state index in [1.165, 1.54) is 23.1 Å². The summed E-state index contributed by atoms with van der Waals surface area (Å²) >= 11 is 7.17. The summed E-state index contributed by atoms with van der Waals surface area (Å²) in [6.07, 6.45) is 1.84. The number of hydrogen-bond donors (Lipinski definition) is 4. The SMILES string of the molecule is NC(=O)C(N1CCOCC1)n1ncc2c(C(=O)O)cc(-c3cnc(NC(=O)Nc4ccccc4Cl)s3)nc21. The lowest BCUT2D eigenvalue weighted by Crippen LogP contribution is -2.47. The Labute approximate surface area is 224 Å². The van der Waals surface area contributed by atoms with Gasteiger partial charge in [0.2, 0.25) is 0 Å². The van der Waals surface area contributed by atoms with E-state index in [9.17, 15) is 19.5 Å². The van der Waals surface area contributed by atoms with Crippen LogP contribution in [-0.4, -0.2) is 74.0 Å². The van der Waals surface area contributed by atoms with Crippen LogP contribution in [0.2, 0.25) is 5.02 Å². The number of halogens is 1. The molecule has 15 heteroatoms. The molecule has 1 unspecified atom stereocenters. The average molecular weight is 557 g/mol. The molecule has 1 aliphatic rings. The fraction of sp³-hybridized carbons (Fsp3) is 0.217. The fourth-order valence-electron chi connectivity index (χ4n) is 4.04. The van der Waals surface area contributed by atoms with Crippen LogP contribution in [0.4, 0.5) is 15.6 Å². The monoisotopic (exact) mass is 556 g/mol. The molecule has 1 aromatic carbocycles. The summed E-state index contributed by atoms with van der Waals surface area (Å²) < 4.78 is 6.70. The van der Waals surface area contributed by atoms with Gasteiger partial charge in [-0.15, -0.1) is 0 Å². The molecule has 4 aromatic rings. The van der Waals surface area contributed by atoms with Crippen LogP contribution >= 0.6 is 22.9 Å². The van der Waals surface area contributed by atoms with Crippen LogP contribution in [0.25, 0.3) is 21.6 Å². The first-order valence-electron chi connectivity index (χ1n) is 11.3.